The molecule has 2 nitrogen and oxygen atoms in total. The lowest BCUT2D eigenvalue weighted by atomic mass is 10.0. The van der Waals surface area contributed by atoms with Gasteiger partial charge in [0.25, 0.3) is 0 Å². The number of rotatable bonds is 3. The Hall–Kier alpha value is -1.35. The molecule has 1 unspecified atom stereocenters. The second kappa shape index (κ2) is 5.82. The summed E-state index contributed by atoms with van der Waals surface area (Å²) in [6.07, 6.45) is 7.75. The van der Waals surface area contributed by atoms with E-state index in [2.05, 4.69) is 11.4 Å². The third-order valence-electron chi connectivity index (χ3n) is 3.05. The third-order valence-corrected chi connectivity index (χ3v) is 3.05. The largest absolute Gasteiger partial charge is 0.494 e. The van der Waals surface area contributed by atoms with E-state index in [4.69, 9.17) is 4.74 Å². The highest BCUT2D eigenvalue weighted by molar-refractivity contribution is 5.51. The van der Waals surface area contributed by atoms with E-state index in [1.54, 1.807) is 6.07 Å². The summed E-state index contributed by atoms with van der Waals surface area (Å²) in [4.78, 5) is 0. The number of hydrogen-bond donors (Lipinski definition) is 1. The molecule has 0 aliphatic carbocycles. The molecule has 92 valence electrons. The van der Waals surface area contributed by atoms with E-state index >= 15 is 0 Å². The van der Waals surface area contributed by atoms with Crippen LogP contribution in [0, 0.1) is 5.82 Å². The lowest BCUT2D eigenvalue weighted by Gasteiger charge is -2.20. The van der Waals surface area contributed by atoms with Crippen LogP contribution >= 0.6 is 0 Å². The monoisotopic (exact) mass is 235 g/mol. The average molecular weight is 235 g/mol. The predicted molar refractivity (Wildman–Crippen MR) is 67.6 cm³/mol. The first-order chi connectivity index (χ1) is 8.29. The van der Waals surface area contributed by atoms with E-state index in [1.165, 1.54) is 26.0 Å². The Kier molecular flexibility index (Phi) is 4.15. The van der Waals surface area contributed by atoms with Gasteiger partial charge in [0.05, 0.1) is 7.11 Å². The first kappa shape index (κ1) is 12.1. The van der Waals surface area contributed by atoms with Gasteiger partial charge in [0, 0.05) is 6.04 Å². The zero-order valence-corrected chi connectivity index (χ0v) is 10.1. The molecule has 1 aromatic rings. The van der Waals surface area contributed by atoms with Crippen LogP contribution in [0.25, 0.3) is 6.08 Å². The molecule has 1 aromatic carbocycles. The number of hydrogen-bond acceptors (Lipinski definition) is 2. The Bertz CT molecular complexity index is 397. The molecule has 0 saturated carbocycles. The fourth-order valence-corrected chi connectivity index (χ4v) is 2.06. The highest BCUT2D eigenvalue weighted by atomic mass is 19.1. The molecule has 2 rings (SSSR count). The molecule has 1 fully saturated rings. The van der Waals surface area contributed by atoms with E-state index in [9.17, 15) is 4.39 Å². The Morgan fingerprint density at radius 3 is 2.94 bits per heavy atom. The van der Waals surface area contributed by atoms with Crippen molar-refractivity contribution >= 4 is 6.08 Å². The maximum Gasteiger partial charge on any atom is 0.165 e. The molecule has 0 amide bonds. The SMILES string of the molecule is COc1ccc(/C=C/C2CCCCN2)cc1F. The van der Waals surface area contributed by atoms with E-state index in [1.807, 2.05) is 12.1 Å². The lowest BCUT2D eigenvalue weighted by Crippen LogP contribution is -2.31. The van der Waals surface area contributed by atoms with Gasteiger partial charge < -0.3 is 10.1 Å². The van der Waals surface area contributed by atoms with Crippen molar-refractivity contribution in [1.29, 1.82) is 0 Å². The fraction of sp³-hybridized carbons (Fsp3) is 0.429. The summed E-state index contributed by atoms with van der Waals surface area (Å²) in [7, 11) is 1.47. The summed E-state index contributed by atoms with van der Waals surface area (Å²) in [6, 6.07) is 5.44. The van der Waals surface area contributed by atoms with Crippen molar-refractivity contribution in [1.82, 2.24) is 5.32 Å². The number of ether oxygens (including phenoxy) is 1. The van der Waals surface area contributed by atoms with Crippen molar-refractivity contribution in [2.24, 2.45) is 0 Å². The number of nitrogens with one attached hydrogen (secondary N) is 1. The molecule has 1 saturated heterocycles. The molecule has 17 heavy (non-hydrogen) atoms. The van der Waals surface area contributed by atoms with Gasteiger partial charge in [-0.15, -0.1) is 0 Å². The molecule has 0 spiro atoms. The summed E-state index contributed by atoms with van der Waals surface area (Å²) >= 11 is 0. The summed E-state index contributed by atoms with van der Waals surface area (Å²) in [5, 5.41) is 3.42. The Labute approximate surface area is 101 Å². The van der Waals surface area contributed by atoms with Crippen LogP contribution in [-0.2, 0) is 0 Å². The van der Waals surface area contributed by atoms with Crippen molar-refractivity contribution in [3.63, 3.8) is 0 Å². The normalized spacial score (nSPS) is 20.7. The summed E-state index contributed by atoms with van der Waals surface area (Å²) in [5.41, 5.74) is 0.871. The van der Waals surface area contributed by atoms with Crippen molar-refractivity contribution in [2.75, 3.05) is 13.7 Å². The quantitative estimate of drug-likeness (QED) is 0.869. The Morgan fingerprint density at radius 2 is 2.29 bits per heavy atom. The van der Waals surface area contributed by atoms with E-state index in [0.717, 1.165) is 18.5 Å². The number of benzene rings is 1. The zero-order valence-electron chi connectivity index (χ0n) is 10.1. The zero-order chi connectivity index (χ0) is 12.1. The van der Waals surface area contributed by atoms with Crippen LogP contribution in [0.15, 0.2) is 24.3 Å². The van der Waals surface area contributed by atoms with Crippen molar-refractivity contribution in [2.45, 2.75) is 25.3 Å². The van der Waals surface area contributed by atoms with Crippen molar-refractivity contribution in [3.8, 4) is 5.75 Å². The van der Waals surface area contributed by atoms with Crippen LogP contribution in [0.5, 0.6) is 5.75 Å². The van der Waals surface area contributed by atoms with Gasteiger partial charge in [-0.2, -0.15) is 0 Å². The Morgan fingerprint density at radius 1 is 1.41 bits per heavy atom. The van der Waals surface area contributed by atoms with Gasteiger partial charge in [0.2, 0.25) is 0 Å². The first-order valence-electron chi connectivity index (χ1n) is 6.05. The topological polar surface area (TPSA) is 21.3 Å². The van der Waals surface area contributed by atoms with Crippen LogP contribution < -0.4 is 10.1 Å². The van der Waals surface area contributed by atoms with Gasteiger partial charge in [-0.25, -0.2) is 4.39 Å². The standard InChI is InChI=1S/C14H18FNO/c1-17-14-8-6-11(10-13(14)15)5-7-12-4-2-3-9-16-12/h5-8,10,12,16H,2-4,9H2,1H3/b7-5+. The van der Waals surface area contributed by atoms with Gasteiger partial charge in [-0.3, -0.25) is 0 Å². The lowest BCUT2D eigenvalue weighted by molar-refractivity contribution is 0.386. The van der Waals surface area contributed by atoms with E-state index < -0.39 is 0 Å². The summed E-state index contributed by atoms with van der Waals surface area (Å²) in [6.45, 7) is 1.08. The van der Waals surface area contributed by atoms with Crippen LogP contribution in [0.1, 0.15) is 24.8 Å². The smallest absolute Gasteiger partial charge is 0.165 e. The Balaban J connectivity index is 2.02. The maximum absolute atomic E-state index is 13.4. The van der Waals surface area contributed by atoms with Gasteiger partial charge in [-0.1, -0.05) is 24.6 Å². The summed E-state index contributed by atoms with van der Waals surface area (Å²) < 4.78 is 18.3. The first-order valence-corrected chi connectivity index (χ1v) is 6.05. The molecule has 1 atom stereocenters. The van der Waals surface area contributed by atoms with Crippen LogP contribution in [-0.4, -0.2) is 19.7 Å². The van der Waals surface area contributed by atoms with Gasteiger partial charge in [0.15, 0.2) is 11.6 Å². The molecular formula is C14H18FNO. The molecule has 1 aliphatic heterocycles. The van der Waals surface area contributed by atoms with Crippen LogP contribution in [0.4, 0.5) is 4.39 Å². The van der Waals surface area contributed by atoms with E-state index in [-0.39, 0.29) is 11.6 Å². The van der Waals surface area contributed by atoms with Gasteiger partial charge >= 0.3 is 0 Å². The molecule has 1 aliphatic rings. The van der Waals surface area contributed by atoms with E-state index in [0.29, 0.717) is 6.04 Å². The molecular weight excluding hydrogens is 217 g/mol. The van der Waals surface area contributed by atoms with Gasteiger partial charge in [0.1, 0.15) is 0 Å². The second-order valence-electron chi connectivity index (χ2n) is 4.31. The molecule has 0 bridgehead atoms. The number of methoxy groups -OCH3 is 1. The highest BCUT2D eigenvalue weighted by Crippen LogP contribution is 2.19. The van der Waals surface area contributed by atoms with Crippen molar-refractivity contribution in [3.05, 3.63) is 35.7 Å². The third kappa shape index (κ3) is 3.30. The minimum Gasteiger partial charge on any atom is -0.494 e. The number of halogens is 1. The average Bonchev–Trinajstić information content (AvgIpc) is 2.38. The molecule has 0 aromatic heterocycles. The molecule has 3 heteroatoms. The fourth-order valence-electron chi connectivity index (χ4n) is 2.06. The predicted octanol–water partition coefficient (Wildman–Crippen LogP) is 2.99. The second-order valence-corrected chi connectivity index (χ2v) is 4.31. The molecule has 1 N–H and O–H groups in total. The van der Waals surface area contributed by atoms with Crippen LogP contribution in [0.2, 0.25) is 0 Å². The summed E-state index contributed by atoms with van der Waals surface area (Å²) in [5.74, 6) is -0.0239. The minimum absolute atomic E-state index is 0.290. The number of piperidine rings is 1. The van der Waals surface area contributed by atoms with Crippen LogP contribution in [0.3, 0.4) is 0 Å². The molecule has 1 heterocycles. The highest BCUT2D eigenvalue weighted by Gasteiger charge is 2.08. The minimum atomic E-state index is -0.314. The van der Waals surface area contributed by atoms with Crippen molar-refractivity contribution < 1.29 is 9.13 Å². The molecule has 0 radical (unpaired) electrons. The van der Waals surface area contributed by atoms with Gasteiger partial charge in [-0.05, 0) is 37.1 Å². The maximum atomic E-state index is 13.4.